The van der Waals surface area contributed by atoms with E-state index in [0.717, 1.165) is 17.6 Å². The Balaban J connectivity index is 2.38. The van der Waals surface area contributed by atoms with Crippen LogP contribution >= 0.6 is 0 Å². The van der Waals surface area contributed by atoms with Gasteiger partial charge in [0.25, 0.3) is 0 Å². The van der Waals surface area contributed by atoms with Crippen LogP contribution < -0.4 is 0 Å². The monoisotopic (exact) mass is 280 g/mol. The number of halogens is 2. The maximum Gasteiger partial charge on any atom is 0.148 e. The van der Waals surface area contributed by atoms with E-state index in [1.807, 2.05) is 0 Å². The highest BCUT2D eigenvalue weighted by atomic mass is 32.2. The molecule has 2 aromatic rings. The molecule has 3 nitrogen and oxygen atoms in total. The minimum Gasteiger partial charge on any atom is -0.254 e. The Morgan fingerprint density at radius 1 is 1.11 bits per heavy atom. The lowest BCUT2D eigenvalue weighted by Crippen LogP contribution is -1.98. The highest BCUT2D eigenvalue weighted by Crippen LogP contribution is 2.18. The van der Waals surface area contributed by atoms with Crippen molar-refractivity contribution in [2.45, 2.75) is 4.90 Å². The van der Waals surface area contributed by atoms with E-state index in [1.54, 1.807) is 0 Å². The molecule has 0 radical (unpaired) electrons. The summed E-state index contributed by atoms with van der Waals surface area (Å²) in [6.45, 7) is 0. The zero-order valence-electron chi connectivity index (χ0n) is 9.72. The second-order valence-electron chi connectivity index (χ2n) is 3.70. The van der Waals surface area contributed by atoms with Crippen molar-refractivity contribution in [2.24, 2.45) is 0 Å². The average Bonchev–Trinajstić information content (AvgIpc) is 2.38. The zero-order chi connectivity index (χ0) is 13.9. The van der Waals surface area contributed by atoms with E-state index >= 15 is 0 Å². The first kappa shape index (κ1) is 13.4. The van der Waals surface area contributed by atoms with Crippen molar-refractivity contribution in [3.63, 3.8) is 0 Å². The van der Waals surface area contributed by atoms with Gasteiger partial charge in [-0.1, -0.05) is 12.1 Å². The molecule has 2 rings (SSSR count). The van der Waals surface area contributed by atoms with Gasteiger partial charge in [0, 0.05) is 11.6 Å². The van der Waals surface area contributed by atoms with Crippen LogP contribution in [-0.2, 0) is 9.73 Å². The quantitative estimate of drug-likeness (QED) is 0.936. The Kier molecular flexibility index (Phi) is 3.71. The normalized spacial score (nSPS) is 14.4. The summed E-state index contributed by atoms with van der Waals surface area (Å²) in [5.41, 5.74) is -0.0428. The molecular formula is C13H10F2N2OS. The van der Waals surface area contributed by atoms with Gasteiger partial charge >= 0.3 is 0 Å². The lowest BCUT2D eigenvalue weighted by Gasteiger charge is -2.03. The number of pyridine rings is 1. The van der Waals surface area contributed by atoms with Crippen molar-refractivity contribution in [3.8, 4) is 0 Å². The molecule has 0 amide bonds. The highest BCUT2D eigenvalue weighted by molar-refractivity contribution is 7.95. The fourth-order valence-electron chi connectivity index (χ4n) is 1.44. The molecule has 0 saturated carbocycles. The van der Waals surface area contributed by atoms with Gasteiger partial charge in [-0.3, -0.25) is 4.98 Å². The van der Waals surface area contributed by atoms with E-state index in [4.69, 9.17) is 4.78 Å². The second-order valence-corrected chi connectivity index (χ2v) is 5.62. The summed E-state index contributed by atoms with van der Waals surface area (Å²) in [6.07, 6.45) is 2.49. The predicted octanol–water partition coefficient (Wildman–Crippen LogP) is 3.44. The van der Waals surface area contributed by atoms with Crippen molar-refractivity contribution in [1.82, 2.24) is 4.98 Å². The Hall–Kier alpha value is -2.08. The van der Waals surface area contributed by atoms with Crippen LogP contribution in [0, 0.1) is 16.4 Å². The van der Waals surface area contributed by atoms with Gasteiger partial charge in [-0.05, 0) is 30.3 Å². The van der Waals surface area contributed by atoms with Crippen molar-refractivity contribution in [1.29, 1.82) is 4.78 Å². The van der Waals surface area contributed by atoms with Crippen LogP contribution in [0.2, 0.25) is 0 Å². The van der Waals surface area contributed by atoms with E-state index in [1.165, 1.54) is 36.5 Å². The van der Waals surface area contributed by atoms with Gasteiger partial charge in [0.15, 0.2) is 0 Å². The van der Waals surface area contributed by atoms with Crippen molar-refractivity contribution < 1.29 is 13.0 Å². The highest BCUT2D eigenvalue weighted by Gasteiger charge is 2.11. The molecule has 1 aromatic carbocycles. The molecule has 1 heterocycles. The van der Waals surface area contributed by atoms with Crippen LogP contribution in [-0.4, -0.2) is 9.19 Å². The van der Waals surface area contributed by atoms with E-state index in [9.17, 15) is 13.0 Å². The molecule has 1 unspecified atom stereocenters. The number of aromatic nitrogens is 1. The Morgan fingerprint density at radius 2 is 1.79 bits per heavy atom. The first-order chi connectivity index (χ1) is 9.00. The Labute approximate surface area is 109 Å². The smallest absolute Gasteiger partial charge is 0.148 e. The third kappa shape index (κ3) is 3.03. The summed E-state index contributed by atoms with van der Waals surface area (Å²) in [6, 6.07) is 7.93. The summed E-state index contributed by atoms with van der Waals surface area (Å²) in [4.78, 5) is 3.50. The first-order valence-corrected chi connectivity index (χ1v) is 6.95. The van der Waals surface area contributed by atoms with Gasteiger partial charge in [0.1, 0.15) is 11.6 Å². The van der Waals surface area contributed by atoms with Crippen molar-refractivity contribution >= 4 is 15.8 Å². The second kappa shape index (κ2) is 5.27. The predicted molar refractivity (Wildman–Crippen MR) is 68.8 cm³/mol. The molecule has 0 aliphatic heterocycles. The van der Waals surface area contributed by atoms with E-state index in [-0.39, 0.29) is 10.6 Å². The molecule has 0 aliphatic carbocycles. The molecule has 0 saturated heterocycles. The molecule has 6 heteroatoms. The fourth-order valence-corrected chi connectivity index (χ4v) is 2.55. The topological polar surface area (TPSA) is 53.8 Å². The van der Waals surface area contributed by atoms with Gasteiger partial charge in [-0.2, -0.15) is 0 Å². The molecule has 0 bridgehead atoms. The molecule has 1 aromatic heterocycles. The first-order valence-electron chi connectivity index (χ1n) is 5.33. The van der Waals surface area contributed by atoms with E-state index in [2.05, 4.69) is 4.98 Å². The third-order valence-electron chi connectivity index (χ3n) is 2.37. The summed E-state index contributed by atoms with van der Waals surface area (Å²) < 4.78 is 46.5. The number of nitrogens with zero attached hydrogens (tertiary/aromatic N) is 1. The largest absolute Gasteiger partial charge is 0.254 e. The Morgan fingerprint density at radius 3 is 2.47 bits per heavy atom. The standard InChI is InChI=1S/C13H10F2N2OS/c14-10-5-3-8-17-12(10)7-9-19(16,18)13-6-2-1-4-11(13)15/h1-9,16H/b9-7+. The summed E-state index contributed by atoms with van der Waals surface area (Å²) in [5.74, 6) is -1.32. The molecule has 0 aliphatic rings. The van der Waals surface area contributed by atoms with Crippen LogP contribution in [0.25, 0.3) is 6.08 Å². The summed E-state index contributed by atoms with van der Waals surface area (Å²) in [5, 5.41) is 0.955. The van der Waals surface area contributed by atoms with Crippen LogP contribution in [0.4, 0.5) is 8.78 Å². The fraction of sp³-hybridized carbons (Fsp3) is 0. The number of nitrogens with one attached hydrogen (secondary N) is 1. The van der Waals surface area contributed by atoms with Crippen molar-refractivity contribution in [2.75, 3.05) is 0 Å². The summed E-state index contributed by atoms with van der Waals surface area (Å²) in [7, 11) is -3.47. The summed E-state index contributed by atoms with van der Waals surface area (Å²) >= 11 is 0. The SMILES string of the molecule is N=S(=O)(/C=C/c1ncccc1F)c1ccccc1F. The maximum atomic E-state index is 13.5. The zero-order valence-corrected chi connectivity index (χ0v) is 10.5. The molecule has 19 heavy (non-hydrogen) atoms. The average molecular weight is 280 g/mol. The third-order valence-corrected chi connectivity index (χ3v) is 3.87. The molecular weight excluding hydrogens is 270 g/mol. The number of hydrogen-bond donors (Lipinski definition) is 1. The lowest BCUT2D eigenvalue weighted by molar-refractivity contribution is 0.594. The minimum absolute atomic E-state index is 0.0428. The molecule has 0 spiro atoms. The number of benzene rings is 1. The maximum absolute atomic E-state index is 13.5. The van der Waals surface area contributed by atoms with Gasteiger partial charge in [-0.25, -0.2) is 17.8 Å². The number of rotatable bonds is 3. The molecule has 1 atom stereocenters. The minimum atomic E-state index is -3.47. The molecule has 0 fully saturated rings. The van der Waals surface area contributed by atoms with Crippen LogP contribution in [0.5, 0.6) is 0 Å². The van der Waals surface area contributed by atoms with Crippen LogP contribution in [0.15, 0.2) is 52.9 Å². The van der Waals surface area contributed by atoms with Crippen LogP contribution in [0.1, 0.15) is 5.69 Å². The van der Waals surface area contributed by atoms with E-state index in [0.29, 0.717) is 0 Å². The van der Waals surface area contributed by atoms with Crippen LogP contribution in [0.3, 0.4) is 0 Å². The van der Waals surface area contributed by atoms with E-state index < -0.39 is 21.4 Å². The van der Waals surface area contributed by atoms with Gasteiger partial charge in [0.05, 0.1) is 20.3 Å². The van der Waals surface area contributed by atoms with Gasteiger partial charge in [0.2, 0.25) is 0 Å². The molecule has 1 N–H and O–H groups in total. The number of hydrogen-bond acceptors (Lipinski definition) is 3. The van der Waals surface area contributed by atoms with Crippen molar-refractivity contribution in [3.05, 3.63) is 65.3 Å². The van der Waals surface area contributed by atoms with Gasteiger partial charge < -0.3 is 0 Å². The molecule has 98 valence electrons. The lowest BCUT2D eigenvalue weighted by atomic mass is 10.3. The Bertz CT molecular complexity index is 727. The van der Waals surface area contributed by atoms with Gasteiger partial charge in [-0.15, -0.1) is 0 Å².